The molecule has 6 rings (SSSR count). The Labute approximate surface area is 237 Å². The molecular formula is C33H38N4OS. The molecular weight excluding hydrogens is 500 g/mol. The molecule has 39 heavy (non-hydrogen) atoms. The number of benzene rings is 3. The van der Waals surface area contributed by atoms with Crippen molar-refractivity contribution in [1.82, 2.24) is 19.2 Å². The third-order valence-corrected chi connectivity index (χ3v) is 8.83. The molecule has 4 aromatic rings. The first-order chi connectivity index (χ1) is 19.2. The summed E-state index contributed by atoms with van der Waals surface area (Å²) in [4.78, 5) is 2.46. The van der Waals surface area contributed by atoms with Gasteiger partial charge in [0.1, 0.15) is 12.4 Å². The van der Waals surface area contributed by atoms with Gasteiger partial charge in [0.15, 0.2) is 5.82 Å². The largest absolute Gasteiger partial charge is 0.486 e. The monoisotopic (exact) mass is 538 g/mol. The summed E-state index contributed by atoms with van der Waals surface area (Å²) in [5, 5.41) is 4.97. The molecule has 0 amide bonds. The van der Waals surface area contributed by atoms with E-state index >= 15 is 0 Å². The van der Waals surface area contributed by atoms with Crippen molar-refractivity contribution >= 4 is 12.2 Å². The zero-order chi connectivity index (χ0) is 26.4. The van der Waals surface area contributed by atoms with Gasteiger partial charge in [0.05, 0.1) is 6.67 Å². The summed E-state index contributed by atoms with van der Waals surface area (Å²) in [7, 11) is 0. The van der Waals surface area contributed by atoms with Gasteiger partial charge in [-0.3, -0.25) is 9.47 Å². The van der Waals surface area contributed by atoms with E-state index in [1.165, 1.54) is 43.2 Å². The molecule has 5 nitrogen and oxygen atoms in total. The number of hydrogen-bond donors (Lipinski definition) is 0. The van der Waals surface area contributed by atoms with Crippen LogP contribution in [-0.4, -0.2) is 32.3 Å². The lowest BCUT2D eigenvalue weighted by Gasteiger charge is -2.31. The van der Waals surface area contributed by atoms with Gasteiger partial charge < -0.3 is 4.74 Å². The molecule has 0 unspecified atom stereocenters. The molecule has 0 atom stereocenters. The van der Waals surface area contributed by atoms with Gasteiger partial charge in [0, 0.05) is 18.8 Å². The van der Waals surface area contributed by atoms with Crippen LogP contribution in [0.2, 0.25) is 0 Å². The van der Waals surface area contributed by atoms with Crippen molar-refractivity contribution in [1.29, 1.82) is 0 Å². The van der Waals surface area contributed by atoms with E-state index in [0.29, 0.717) is 29.9 Å². The lowest BCUT2D eigenvalue weighted by atomic mass is 9.84. The highest BCUT2D eigenvalue weighted by Crippen LogP contribution is 2.33. The molecule has 6 heteroatoms. The minimum absolute atomic E-state index is 0.365. The van der Waals surface area contributed by atoms with Crippen LogP contribution in [0.25, 0.3) is 5.69 Å². The van der Waals surface area contributed by atoms with E-state index in [4.69, 9.17) is 22.1 Å². The molecule has 0 bridgehead atoms. The Morgan fingerprint density at radius 2 is 1.33 bits per heavy atom. The van der Waals surface area contributed by atoms with Crippen LogP contribution in [0.4, 0.5) is 0 Å². The van der Waals surface area contributed by atoms with Crippen molar-refractivity contribution in [2.75, 3.05) is 13.1 Å². The van der Waals surface area contributed by atoms with Crippen LogP contribution >= 0.6 is 12.2 Å². The third-order valence-electron chi connectivity index (χ3n) is 8.44. The van der Waals surface area contributed by atoms with Crippen molar-refractivity contribution in [2.45, 2.75) is 70.1 Å². The van der Waals surface area contributed by atoms with Crippen LogP contribution in [0.1, 0.15) is 73.7 Å². The first-order valence-corrected chi connectivity index (χ1v) is 14.9. The maximum absolute atomic E-state index is 6.26. The van der Waals surface area contributed by atoms with E-state index in [1.54, 1.807) is 0 Å². The molecule has 1 aromatic heterocycles. The normalized spacial score (nSPS) is 17.3. The quantitative estimate of drug-likeness (QED) is 0.214. The summed E-state index contributed by atoms with van der Waals surface area (Å²) >= 11 is 5.96. The van der Waals surface area contributed by atoms with E-state index in [1.807, 2.05) is 22.9 Å². The molecule has 202 valence electrons. The van der Waals surface area contributed by atoms with Gasteiger partial charge >= 0.3 is 0 Å². The minimum atomic E-state index is 0.365. The van der Waals surface area contributed by atoms with Crippen molar-refractivity contribution in [3.05, 3.63) is 107 Å². The fraction of sp³-hybridized carbons (Fsp3) is 0.394. The average molecular weight is 539 g/mol. The first kappa shape index (κ1) is 26.0. The Bertz CT molecular complexity index is 1380. The van der Waals surface area contributed by atoms with E-state index < -0.39 is 0 Å². The Hall–Kier alpha value is -3.22. The number of aromatic nitrogens is 3. The first-order valence-electron chi connectivity index (χ1n) is 14.5. The number of ether oxygens (including phenoxy) is 1. The number of hydrogen-bond acceptors (Lipinski definition) is 4. The SMILES string of the molecule is S=c1n(CN2CCC(c3ccccc3)CC2)nc(COc2ccc(C3CCCCC3)cc2)n1-c1ccccc1. The Morgan fingerprint density at radius 1 is 0.718 bits per heavy atom. The van der Waals surface area contributed by atoms with E-state index in [9.17, 15) is 0 Å². The van der Waals surface area contributed by atoms with Crippen molar-refractivity contribution < 1.29 is 4.74 Å². The molecule has 2 heterocycles. The topological polar surface area (TPSA) is 35.2 Å². The maximum atomic E-state index is 6.26. The van der Waals surface area contributed by atoms with Gasteiger partial charge in [-0.2, -0.15) is 5.10 Å². The Morgan fingerprint density at radius 3 is 2.03 bits per heavy atom. The molecule has 0 N–H and O–H groups in total. The highest BCUT2D eigenvalue weighted by molar-refractivity contribution is 7.71. The standard InChI is InChI=1S/C33H38N4OS/c39-33-36(25-35-22-20-29(21-23-35)27-12-6-2-7-13-27)34-32(37(33)30-14-8-3-9-15-30)24-38-31-18-16-28(17-19-31)26-10-4-1-5-11-26/h2-3,6-9,12-19,26,29H,1,4-5,10-11,20-25H2. The summed E-state index contributed by atoms with van der Waals surface area (Å²) in [6.45, 7) is 3.14. The number of likely N-dealkylation sites (tertiary alicyclic amines) is 1. The zero-order valence-electron chi connectivity index (χ0n) is 22.6. The smallest absolute Gasteiger partial charge is 0.203 e. The van der Waals surface area contributed by atoms with E-state index in [0.717, 1.165) is 43.2 Å². The molecule has 1 aliphatic carbocycles. The molecule has 2 fully saturated rings. The Balaban J connectivity index is 1.15. The summed E-state index contributed by atoms with van der Waals surface area (Å²) in [5.41, 5.74) is 3.91. The van der Waals surface area contributed by atoms with Gasteiger partial charge in [-0.05, 0) is 85.1 Å². The second-order valence-corrected chi connectivity index (χ2v) is 11.4. The number of para-hydroxylation sites is 1. The van der Waals surface area contributed by atoms with Crippen LogP contribution in [0.5, 0.6) is 5.75 Å². The minimum Gasteiger partial charge on any atom is -0.486 e. The van der Waals surface area contributed by atoms with E-state index in [2.05, 4.69) is 76.2 Å². The Kier molecular flexibility index (Phi) is 8.21. The number of nitrogens with zero attached hydrogens (tertiary/aromatic N) is 4. The van der Waals surface area contributed by atoms with Gasteiger partial charge in [-0.15, -0.1) is 0 Å². The van der Waals surface area contributed by atoms with E-state index in [-0.39, 0.29) is 0 Å². The molecule has 1 saturated carbocycles. The third kappa shape index (κ3) is 6.18. The van der Waals surface area contributed by atoms with Gasteiger partial charge in [0.2, 0.25) is 4.77 Å². The summed E-state index contributed by atoms with van der Waals surface area (Å²) < 4.78 is 11.0. The molecule has 1 aliphatic heterocycles. The van der Waals surface area contributed by atoms with Gasteiger partial charge in [-0.25, -0.2) is 4.68 Å². The second kappa shape index (κ2) is 12.3. The molecule has 0 spiro atoms. The highest BCUT2D eigenvalue weighted by atomic mass is 32.1. The van der Waals surface area contributed by atoms with Crippen molar-refractivity contribution in [2.24, 2.45) is 0 Å². The van der Waals surface area contributed by atoms with Crippen LogP contribution < -0.4 is 4.74 Å². The van der Waals surface area contributed by atoms with Crippen LogP contribution in [0, 0.1) is 4.77 Å². The fourth-order valence-corrected chi connectivity index (χ4v) is 6.53. The van der Waals surface area contributed by atoms with Crippen LogP contribution in [0.3, 0.4) is 0 Å². The second-order valence-electron chi connectivity index (χ2n) is 11.0. The average Bonchev–Trinajstić information content (AvgIpc) is 3.32. The molecule has 2 aliphatic rings. The van der Waals surface area contributed by atoms with Gasteiger partial charge in [-0.1, -0.05) is 79.9 Å². The highest BCUT2D eigenvalue weighted by Gasteiger charge is 2.22. The van der Waals surface area contributed by atoms with Gasteiger partial charge in [0.25, 0.3) is 0 Å². The summed E-state index contributed by atoms with van der Waals surface area (Å²) in [6, 6.07) is 29.9. The molecule has 0 radical (unpaired) electrons. The zero-order valence-corrected chi connectivity index (χ0v) is 23.4. The fourth-order valence-electron chi connectivity index (χ4n) is 6.22. The maximum Gasteiger partial charge on any atom is 0.203 e. The van der Waals surface area contributed by atoms with Crippen molar-refractivity contribution in [3.63, 3.8) is 0 Å². The summed E-state index contributed by atoms with van der Waals surface area (Å²) in [6.07, 6.45) is 9.00. The molecule has 1 saturated heterocycles. The predicted molar refractivity (Wildman–Crippen MR) is 159 cm³/mol. The number of piperidine rings is 1. The lowest BCUT2D eigenvalue weighted by molar-refractivity contribution is 0.159. The van der Waals surface area contributed by atoms with Crippen LogP contribution in [0.15, 0.2) is 84.9 Å². The lowest BCUT2D eigenvalue weighted by Crippen LogP contribution is -2.35. The number of rotatable bonds is 8. The van der Waals surface area contributed by atoms with Crippen molar-refractivity contribution in [3.8, 4) is 11.4 Å². The molecule has 3 aromatic carbocycles. The van der Waals surface area contributed by atoms with Crippen LogP contribution in [-0.2, 0) is 13.3 Å². The predicted octanol–water partition coefficient (Wildman–Crippen LogP) is 7.87. The summed E-state index contributed by atoms with van der Waals surface area (Å²) in [5.74, 6) is 3.02.